The lowest BCUT2D eigenvalue weighted by molar-refractivity contribution is 0.471. The van der Waals surface area contributed by atoms with E-state index < -0.39 is 0 Å². The molecule has 0 amide bonds. The first-order chi connectivity index (χ1) is 8.65. The summed E-state index contributed by atoms with van der Waals surface area (Å²) in [6.45, 7) is 1.81. The average Bonchev–Trinajstić information content (AvgIpc) is 2.78. The van der Waals surface area contributed by atoms with Gasteiger partial charge in [0.05, 0.1) is 0 Å². The van der Waals surface area contributed by atoms with Crippen molar-refractivity contribution in [2.45, 2.75) is 6.92 Å². The van der Waals surface area contributed by atoms with E-state index in [-0.39, 0.29) is 17.1 Å². The Morgan fingerprint density at radius 2 is 1.94 bits per heavy atom. The van der Waals surface area contributed by atoms with Gasteiger partial charge in [-0.15, -0.1) is 0 Å². The van der Waals surface area contributed by atoms with Gasteiger partial charge in [-0.05, 0) is 42.8 Å². The number of para-hydroxylation sites is 1. The maximum atomic E-state index is 13.5. The van der Waals surface area contributed by atoms with E-state index in [1.54, 1.807) is 30.3 Å². The molecule has 0 saturated heterocycles. The Kier molecular flexibility index (Phi) is 2.33. The maximum absolute atomic E-state index is 13.5. The summed E-state index contributed by atoms with van der Waals surface area (Å²) in [5.41, 5.74) is 1.84. The fourth-order valence-corrected chi connectivity index (χ4v) is 1.98. The first-order valence-corrected chi connectivity index (χ1v) is 5.63. The standard InChI is InChI=1S/C15H11FO2/c1-9-7-10(5-6-13(9)17)14-8-11-3-2-4-12(16)15(11)18-14/h2-8,17H,1H3. The number of aromatic hydroxyl groups is 1. The first-order valence-electron chi connectivity index (χ1n) is 5.63. The van der Waals surface area contributed by atoms with Crippen LogP contribution in [0.3, 0.4) is 0 Å². The van der Waals surface area contributed by atoms with Gasteiger partial charge in [-0.1, -0.05) is 12.1 Å². The van der Waals surface area contributed by atoms with Gasteiger partial charge in [-0.3, -0.25) is 0 Å². The average molecular weight is 242 g/mol. The Morgan fingerprint density at radius 3 is 2.67 bits per heavy atom. The van der Waals surface area contributed by atoms with Crippen LogP contribution in [-0.4, -0.2) is 5.11 Å². The Bertz CT molecular complexity index is 728. The highest BCUT2D eigenvalue weighted by molar-refractivity contribution is 5.83. The van der Waals surface area contributed by atoms with E-state index in [2.05, 4.69) is 0 Å². The number of phenolic OH excluding ortho intramolecular Hbond substituents is 1. The summed E-state index contributed by atoms with van der Waals surface area (Å²) in [5, 5.41) is 10.2. The molecule has 0 radical (unpaired) electrons. The van der Waals surface area contributed by atoms with E-state index in [0.29, 0.717) is 5.76 Å². The highest BCUT2D eigenvalue weighted by Gasteiger charge is 2.10. The van der Waals surface area contributed by atoms with Crippen LogP contribution in [0, 0.1) is 12.7 Å². The van der Waals surface area contributed by atoms with Crippen molar-refractivity contribution < 1.29 is 13.9 Å². The van der Waals surface area contributed by atoms with Crippen molar-refractivity contribution in [3.8, 4) is 17.1 Å². The van der Waals surface area contributed by atoms with Gasteiger partial charge in [0, 0.05) is 10.9 Å². The number of hydrogen-bond donors (Lipinski definition) is 1. The largest absolute Gasteiger partial charge is 0.508 e. The third-order valence-corrected chi connectivity index (χ3v) is 2.98. The summed E-state index contributed by atoms with van der Waals surface area (Å²) >= 11 is 0. The highest BCUT2D eigenvalue weighted by Crippen LogP contribution is 2.31. The third kappa shape index (κ3) is 1.64. The third-order valence-electron chi connectivity index (χ3n) is 2.98. The van der Waals surface area contributed by atoms with E-state index in [1.807, 2.05) is 13.0 Å². The summed E-state index contributed by atoms with van der Waals surface area (Å²) in [4.78, 5) is 0. The van der Waals surface area contributed by atoms with Crippen molar-refractivity contribution in [2.24, 2.45) is 0 Å². The topological polar surface area (TPSA) is 33.4 Å². The smallest absolute Gasteiger partial charge is 0.170 e. The number of hydrogen-bond acceptors (Lipinski definition) is 2. The van der Waals surface area contributed by atoms with Crippen LogP contribution in [0.4, 0.5) is 4.39 Å². The van der Waals surface area contributed by atoms with Gasteiger partial charge in [-0.25, -0.2) is 4.39 Å². The van der Waals surface area contributed by atoms with Crippen LogP contribution in [0.25, 0.3) is 22.3 Å². The van der Waals surface area contributed by atoms with Gasteiger partial charge < -0.3 is 9.52 Å². The number of halogens is 1. The monoisotopic (exact) mass is 242 g/mol. The molecular formula is C15H11FO2. The zero-order valence-corrected chi connectivity index (χ0v) is 9.77. The van der Waals surface area contributed by atoms with E-state index >= 15 is 0 Å². The van der Waals surface area contributed by atoms with Crippen molar-refractivity contribution in [3.63, 3.8) is 0 Å². The van der Waals surface area contributed by atoms with Crippen molar-refractivity contribution in [1.82, 2.24) is 0 Å². The molecule has 0 aliphatic heterocycles. The fourth-order valence-electron chi connectivity index (χ4n) is 1.98. The molecule has 3 aromatic rings. The summed E-state index contributed by atoms with van der Waals surface area (Å²) in [5.74, 6) is 0.466. The molecular weight excluding hydrogens is 231 g/mol. The minimum Gasteiger partial charge on any atom is -0.508 e. The Labute approximate surface area is 103 Å². The number of rotatable bonds is 1. The molecule has 18 heavy (non-hydrogen) atoms. The van der Waals surface area contributed by atoms with Crippen LogP contribution >= 0.6 is 0 Å². The predicted molar refractivity (Wildman–Crippen MR) is 68.0 cm³/mol. The van der Waals surface area contributed by atoms with Gasteiger partial charge in [-0.2, -0.15) is 0 Å². The van der Waals surface area contributed by atoms with Crippen molar-refractivity contribution in [1.29, 1.82) is 0 Å². The Morgan fingerprint density at radius 1 is 1.11 bits per heavy atom. The van der Waals surface area contributed by atoms with Gasteiger partial charge in [0.1, 0.15) is 11.5 Å². The molecule has 0 saturated carbocycles. The van der Waals surface area contributed by atoms with Gasteiger partial charge in [0.15, 0.2) is 11.4 Å². The van der Waals surface area contributed by atoms with E-state index in [9.17, 15) is 9.50 Å². The van der Waals surface area contributed by atoms with Crippen molar-refractivity contribution in [2.75, 3.05) is 0 Å². The molecule has 0 fully saturated rings. The molecule has 0 aliphatic rings. The van der Waals surface area contributed by atoms with Crippen LogP contribution in [0.5, 0.6) is 5.75 Å². The molecule has 1 heterocycles. The van der Waals surface area contributed by atoms with Crippen LogP contribution in [-0.2, 0) is 0 Å². The minimum atomic E-state index is -0.366. The molecule has 0 aliphatic carbocycles. The zero-order valence-electron chi connectivity index (χ0n) is 9.77. The van der Waals surface area contributed by atoms with Gasteiger partial charge >= 0.3 is 0 Å². The molecule has 0 spiro atoms. The summed E-state index contributed by atoms with van der Waals surface area (Å²) in [6, 6.07) is 11.8. The first kappa shape index (κ1) is 10.8. The molecule has 0 atom stereocenters. The number of benzene rings is 2. The summed E-state index contributed by atoms with van der Waals surface area (Å²) in [6.07, 6.45) is 0. The van der Waals surface area contributed by atoms with Crippen LogP contribution in [0.2, 0.25) is 0 Å². The number of phenols is 1. The van der Waals surface area contributed by atoms with Gasteiger partial charge in [0.25, 0.3) is 0 Å². The molecule has 2 aromatic carbocycles. The lowest BCUT2D eigenvalue weighted by Crippen LogP contribution is -1.77. The molecule has 90 valence electrons. The second-order valence-electron chi connectivity index (χ2n) is 4.27. The second kappa shape index (κ2) is 3.88. The number of fused-ring (bicyclic) bond motifs is 1. The quantitative estimate of drug-likeness (QED) is 0.691. The lowest BCUT2D eigenvalue weighted by atomic mass is 10.1. The molecule has 3 rings (SSSR count). The maximum Gasteiger partial charge on any atom is 0.170 e. The van der Waals surface area contributed by atoms with Crippen LogP contribution in [0.1, 0.15) is 5.56 Å². The SMILES string of the molecule is Cc1cc(-c2cc3cccc(F)c3o2)ccc1O. The summed E-state index contributed by atoms with van der Waals surface area (Å²) < 4.78 is 19.0. The van der Waals surface area contributed by atoms with Crippen molar-refractivity contribution >= 4 is 11.0 Å². The molecule has 3 heteroatoms. The predicted octanol–water partition coefficient (Wildman–Crippen LogP) is 4.25. The minimum absolute atomic E-state index is 0.237. The second-order valence-corrected chi connectivity index (χ2v) is 4.27. The molecule has 0 unspecified atom stereocenters. The van der Waals surface area contributed by atoms with Crippen LogP contribution in [0.15, 0.2) is 46.9 Å². The zero-order chi connectivity index (χ0) is 12.7. The van der Waals surface area contributed by atoms with E-state index in [4.69, 9.17) is 4.42 Å². The van der Waals surface area contributed by atoms with Gasteiger partial charge in [0.2, 0.25) is 0 Å². The number of furan rings is 1. The molecule has 2 nitrogen and oxygen atoms in total. The van der Waals surface area contributed by atoms with E-state index in [1.165, 1.54) is 6.07 Å². The lowest BCUT2D eigenvalue weighted by Gasteiger charge is -2.01. The van der Waals surface area contributed by atoms with E-state index in [0.717, 1.165) is 16.5 Å². The number of aryl methyl sites for hydroxylation is 1. The molecule has 0 bridgehead atoms. The molecule has 1 aromatic heterocycles. The fraction of sp³-hybridized carbons (Fsp3) is 0.0667. The van der Waals surface area contributed by atoms with Crippen LogP contribution < -0.4 is 0 Å². The Hall–Kier alpha value is -2.29. The Balaban J connectivity index is 2.19. The summed E-state index contributed by atoms with van der Waals surface area (Å²) in [7, 11) is 0. The highest BCUT2D eigenvalue weighted by atomic mass is 19.1. The molecule has 1 N–H and O–H groups in total. The normalized spacial score (nSPS) is 11.0. The van der Waals surface area contributed by atoms with Crippen molar-refractivity contribution in [3.05, 3.63) is 53.8 Å².